The lowest BCUT2D eigenvalue weighted by Crippen LogP contribution is -2.06. The van der Waals surface area contributed by atoms with Crippen molar-refractivity contribution in [1.82, 2.24) is 0 Å². The number of aromatic hydroxyl groups is 2. The molecule has 2 aromatic rings. The van der Waals surface area contributed by atoms with Crippen molar-refractivity contribution < 1.29 is 24.4 Å². The van der Waals surface area contributed by atoms with Crippen LogP contribution in [0.15, 0.2) is 24.3 Å². The fourth-order valence-corrected chi connectivity index (χ4v) is 3.68. The molecule has 0 aromatic heterocycles. The van der Waals surface area contributed by atoms with Crippen LogP contribution in [0.3, 0.4) is 0 Å². The number of phenolic OH excluding ortho intramolecular Hbond substituents is 2. The zero-order valence-electron chi connectivity index (χ0n) is 14.3. The molecule has 2 rings (SSSR count). The molecule has 0 bridgehead atoms. The van der Waals surface area contributed by atoms with E-state index in [0.717, 1.165) is 11.1 Å². The highest BCUT2D eigenvalue weighted by Gasteiger charge is 2.18. The Morgan fingerprint density at radius 1 is 0.760 bits per heavy atom. The average Bonchev–Trinajstić information content (AvgIpc) is 2.59. The first-order chi connectivity index (χ1) is 11.8. The molecule has 0 heterocycles. The summed E-state index contributed by atoms with van der Waals surface area (Å²) in [5.41, 5.74) is 1.82. The molecule has 0 fully saturated rings. The molecule has 0 aliphatic carbocycles. The van der Waals surface area contributed by atoms with Gasteiger partial charge in [0, 0.05) is 0 Å². The number of hydrogen-bond donors (Lipinski definition) is 2. The molecular formula is C18H20I2O5. The largest absolute Gasteiger partial charge is 0.504 e. The average molecular weight is 570 g/mol. The second-order valence-corrected chi connectivity index (χ2v) is 7.85. The normalized spacial score (nSPS) is 13.4. The first-order valence-corrected chi connectivity index (χ1v) is 9.72. The second kappa shape index (κ2) is 8.63. The predicted octanol–water partition coefficient (Wildman–Crippen LogP) is 5.16. The summed E-state index contributed by atoms with van der Waals surface area (Å²) < 4.78 is 18.0. The van der Waals surface area contributed by atoms with Crippen molar-refractivity contribution in [2.24, 2.45) is 0 Å². The zero-order valence-corrected chi connectivity index (χ0v) is 18.7. The summed E-state index contributed by atoms with van der Waals surface area (Å²) in [5.74, 6) is 1.10. The maximum absolute atomic E-state index is 9.97. The number of phenols is 2. The van der Waals surface area contributed by atoms with Crippen LogP contribution in [-0.4, -0.2) is 24.4 Å². The van der Waals surface area contributed by atoms with Crippen LogP contribution in [0.1, 0.15) is 37.2 Å². The van der Waals surface area contributed by atoms with Gasteiger partial charge in [-0.05, 0) is 94.4 Å². The van der Waals surface area contributed by atoms with Gasteiger partial charge >= 0.3 is 0 Å². The molecule has 2 atom stereocenters. The molecule has 0 saturated carbocycles. The minimum Gasteiger partial charge on any atom is -0.504 e. The molecule has 0 aliphatic heterocycles. The van der Waals surface area contributed by atoms with Crippen molar-refractivity contribution >= 4 is 45.2 Å². The summed E-state index contributed by atoms with van der Waals surface area (Å²) >= 11 is 4.13. The van der Waals surface area contributed by atoms with Gasteiger partial charge in [-0.1, -0.05) is 0 Å². The maximum atomic E-state index is 9.97. The Morgan fingerprint density at radius 3 is 1.44 bits per heavy atom. The Bertz CT molecular complexity index is 700. The van der Waals surface area contributed by atoms with Crippen LogP contribution in [0.5, 0.6) is 23.0 Å². The lowest BCUT2D eigenvalue weighted by atomic mass is 10.1. The van der Waals surface area contributed by atoms with Crippen molar-refractivity contribution in [3.05, 3.63) is 42.5 Å². The van der Waals surface area contributed by atoms with Gasteiger partial charge in [-0.3, -0.25) is 0 Å². The van der Waals surface area contributed by atoms with E-state index in [1.807, 2.05) is 26.0 Å². The van der Waals surface area contributed by atoms with Gasteiger partial charge in [0.2, 0.25) is 0 Å². The summed E-state index contributed by atoms with van der Waals surface area (Å²) in [6.07, 6.45) is -0.425. The van der Waals surface area contributed by atoms with Crippen LogP contribution in [0, 0.1) is 7.14 Å². The van der Waals surface area contributed by atoms with Crippen molar-refractivity contribution in [3.8, 4) is 23.0 Å². The molecule has 2 N–H and O–H groups in total. The fourth-order valence-electron chi connectivity index (χ4n) is 2.43. The van der Waals surface area contributed by atoms with Gasteiger partial charge in [0.25, 0.3) is 0 Å². The standard InChI is InChI=1S/C18H20I2O5/c1-9(11-5-13(19)17(21)15(7-11)23-3)25-10(2)12-6-14(20)18(22)16(8-12)24-4/h5-10,21-22H,1-4H3. The SMILES string of the molecule is COc1cc(C(C)OC(C)c2cc(I)c(O)c(OC)c2)cc(I)c1O. The number of rotatable bonds is 6. The Hall–Kier alpha value is -0.940. The molecule has 0 spiro atoms. The van der Waals surface area contributed by atoms with E-state index in [-0.39, 0.29) is 23.7 Å². The van der Waals surface area contributed by atoms with Gasteiger partial charge < -0.3 is 24.4 Å². The molecule has 2 aromatic carbocycles. The van der Waals surface area contributed by atoms with Crippen LogP contribution in [-0.2, 0) is 4.74 Å². The summed E-state index contributed by atoms with van der Waals surface area (Å²) in [6.45, 7) is 3.89. The Kier molecular flexibility index (Phi) is 7.03. The number of halogens is 2. The highest BCUT2D eigenvalue weighted by atomic mass is 127. The zero-order chi connectivity index (χ0) is 18.7. The predicted molar refractivity (Wildman–Crippen MR) is 113 cm³/mol. The molecule has 5 nitrogen and oxygen atoms in total. The van der Waals surface area contributed by atoms with E-state index in [1.54, 1.807) is 12.1 Å². The van der Waals surface area contributed by atoms with Crippen LogP contribution >= 0.6 is 45.2 Å². The third kappa shape index (κ3) is 4.62. The topological polar surface area (TPSA) is 68.2 Å². The summed E-state index contributed by atoms with van der Waals surface area (Å²) in [4.78, 5) is 0. The van der Waals surface area contributed by atoms with Gasteiger partial charge in [-0.15, -0.1) is 0 Å². The lowest BCUT2D eigenvalue weighted by Gasteiger charge is -2.22. The van der Waals surface area contributed by atoms with E-state index < -0.39 is 0 Å². The van der Waals surface area contributed by atoms with Crippen molar-refractivity contribution in [2.75, 3.05) is 14.2 Å². The molecule has 0 saturated heterocycles. The van der Waals surface area contributed by atoms with Crippen molar-refractivity contribution in [2.45, 2.75) is 26.1 Å². The highest BCUT2D eigenvalue weighted by molar-refractivity contribution is 14.1. The van der Waals surface area contributed by atoms with E-state index in [1.165, 1.54) is 14.2 Å². The second-order valence-electron chi connectivity index (χ2n) is 5.53. The molecule has 0 radical (unpaired) electrons. The van der Waals surface area contributed by atoms with Gasteiger partial charge in [-0.2, -0.15) is 0 Å². The smallest absolute Gasteiger partial charge is 0.171 e. The molecule has 0 amide bonds. The monoisotopic (exact) mass is 570 g/mol. The number of ether oxygens (including phenoxy) is 3. The van der Waals surface area contributed by atoms with Crippen molar-refractivity contribution in [1.29, 1.82) is 0 Å². The van der Waals surface area contributed by atoms with Crippen molar-refractivity contribution in [3.63, 3.8) is 0 Å². The first-order valence-electron chi connectivity index (χ1n) is 7.56. The number of methoxy groups -OCH3 is 2. The summed E-state index contributed by atoms with van der Waals surface area (Å²) in [7, 11) is 3.04. The van der Waals surface area contributed by atoms with Crippen LogP contribution < -0.4 is 9.47 Å². The summed E-state index contributed by atoms with van der Waals surface area (Å²) in [5, 5.41) is 19.9. The van der Waals surface area contributed by atoms with E-state index in [0.29, 0.717) is 18.6 Å². The molecule has 136 valence electrons. The minimum absolute atomic E-state index is 0.130. The quantitative estimate of drug-likeness (QED) is 0.470. The maximum Gasteiger partial charge on any atom is 0.171 e. The number of benzene rings is 2. The van der Waals surface area contributed by atoms with Gasteiger partial charge in [0.1, 0.15) is 0 Å². The van der Waals surface area contributed by atoms with Crippen LogP contribution in [0.2, 0.25) is 0 Å². The van der Waals surface area contributed by atoms with E-state index in [4.69, 9.17) is 14.2 Å². The summed E-state index contributed by atoms with van der Waals surface area (Å²) in [6, 6.07) is 7.29. The Morgan fingerprint density at radius 2 is 1.12 bits per heavy atom. The van der Waals surface area contributed by atoms with Crippen LogP contribution in [0.25, 0.3) is 0 Å². The van der Waals surface area contributed by atoms with Gasteiger partial charge in [0.05, 0.1) is 33.6 Å². The van der Waals surface area contributed by atoms with E-state index in [9.17, 15) is 10.2 Å². The molecular weight excluding hydrogens is 550 g/mol. The molecule has 7 heteroatoms. The van der Waals surface area contributed by atoms with E-state index >= 15 is 0 Å². The minimum atomic E-state index is -0.213. The third-order valence-electron chi connectivity index (χ3n) is 3.89. The molecule has 2 unspecified atom stereocenters. The van der Waals surface area contributed by atoms with Crippen LogP contribution in [0.4, 0.5) is 0 Å². The third-order valence-corrected chi connectivity index (χ3v) is 5.53. The molecule has 0 aliphatic rings. The Labute approximate surface area is 174 Å². The lowest BCUT2D eigenvalue weighted by molar-refractivity contribution is 0.00555. The van der Waals surface area contributed by atoms with Gasteiger partial charge in [0.15, 0.2) is 23.0 Å². The van der Waals surface area contributed by atoms with E-state index in [2.05, 4.69) is 45.2 Å². The highest BCUT2D eigenvalue weighted by Crippen LogP contribution is 2.38. The fraction of sp³-hybridized carbons (Fsp3) is 0.333. The molecule has 25 heavy (non-hydrogen) atoms. The Balaban J connectivity index is 2.25. The number of hydrogen-bond acceptors (Lipinski definition) is 5. The first kappa shape index (κ1) is 20.4. The van der Waals surface area contributed by atoms with Gasteiger partial charge in [-0.25, -0.2) is 0 Å².